The number of aryl methyl sites for hydroxylation is 3. The Bertz CT molecular complexity index is 1270. The number of carbonyl (C=O) groups is 1. The summed E-state index contributed by atoms with van der Waals surface area (Å²) in [6.07, 6.45) is -1.13. The number of rotatable bonds is 8. The van der Waals surface area contributed by atoms with E-state index in [9.17, 15) is 18.0 Å². The molecule has 0 bridgehead atoms. The molecule has 3 aromatic rings. The first-order valence-electron chi connectivity index (χ1n) is 12.9. The maximum atomic E-state index is 13.8. The standard InChI is InChI=1S/C29H33F3N4O2/c1-4-27(37)38-26-8-6-5-7-21(26)9-12-25-23(29(30,31)32)18-33-28(35-25)34-24-11-10-22(17-19(24)2)20-13-15-36(3)16-14-20/h5-8,10-11,17-18,20H,4,9,12-16H2,1-3H3,(H,33,34,35). The summed E-state index contributed by atoms with van der Waals surface area (Å²) in [7, 11) is 2.13. The molecule has 0 radical (unpaired) electrons. The van der Waals surface area contributed by atoms with Crippen LogP contribution in [0.1, 0.15) is 60.1 Å². The number of hydrogen-bond acceptors (Lipinski definition) is 6. The molecule has 2 heterocycles. The number of aromatic nitrogens is 2. The molecule has 1 saturated heterocycles. The van der Waals surface area contributed by atoms with Crippen molar-refractivity contribution in [3.05, 3.63) is 76.6 Å². The molecule has 0 unspecified atom stereocenters. The molecule has 202 valence electrons. The SMILES string of the molecule is CCC(=O)Oc1ccccc1CCc1nc(Nc2ccc(C3CCN(C)CC3)cc2C)ncc1C(F)(F)F. The molecule has 1 aromatic heterocycles. The quantitative estimate of drug-likeness (QED) is 0.269. The van der Waals surface area contributed by atoms with Crippen LogP contribution in [0.4, 0.5) is 24.8 Å². The third-order valence-corrected chi connectivity index (χ3v) is 6.98. The van der Waals surface area contributed by atoms with Gasteiger partial charge in [-0.3, -0.25) is 4.79 Å². The Kier molecular flexibility index (Phi) is 8.66. The molecule has 0 aliphatic carbocycles. The number of esters is 1. The molecule has 1 aliphatic rings. The van der Waals surface area contributed by atoms with Crippen LogP contribution in [-0.2, 0) is 23.8 Å². The zero-order chi connectivity index (χ0) is 27.3. The first-order chi connectivity index (χ1) is 18.1. The second kappa shape index (κ2) is 11.9. The third kappa shape index (κ3) is 6.89. The number of alkyl halides is 3. The van der Waals surface area contributed by atoms with Gasteiger partial charge in [0.15, 0.2) is 0 Å². The predicted molar refractivity (Wildman–Crippen MR) is 141 cm³/mol. The highest BCUT2D eigenvalue weighted by Gasteiger charge is 2.35. The van der Waals surface area contributed by atoms with E-state index in [0.717, 1.165) is 43.4 Å². The number of likely N-dealkylation sites (tertiary alicyclic amines) is 1. The minimum absolute atomic E-state index is 0.000772. The smallest absolute Gasteiger partial charge is 0.419 e. The number of anilines is 2. The van der Waals surface area contributed by atoms with Gasteiger partial charge in [-0.1, -0.05) is 37.3 Å². The highest BCUT2D eigenvalue weighted by molar-refractivity contribution is 5.72. The topological polar surface area (TPSA) is 67.3 Å². The molecule has 0 spiro atoms. The Balaban J connectivity index is 1.53. The third-order valence-electron chi connectivity index (χ3n) is 6.98. The average molecular weight is 527 g/mol. The van der Waals surface area contributed by atoms with E-state index in [1.54, 1.807) is 31.2 Å². The maximum absolute atomic E-state index is 13.8. The molecule has 2 aromatic carbocycles. The highest BCUT2D eigenvalue weighted by atomic mass is 19.4. The number of halogens is 3. The van der Waals surface area contributed by atoms with Crippen molar-refractivity contribution in [2.45, 2.75) is 58.0 Å². The van der Waals surface area contributed by atoms with Gasteiger partial charge in [-0.05, 0) is 87.5 Å². The van der Waals surface area contributed by atoms with Gasteiger partial charge in [-0.25, -0.2) is 9.97 Å². The van der Waals surface area contributed by atoms with E-state index in [1.165, 1.54) is 5.56 Å². The van der Waals surface area contributed by atoms with Crippen LogP contribution in [0.3, 0.4) is 0 Å². The van der Waals surface area contributed by atoms with E-state index in [-0.39, 0.29) is 30.9 Å². The summed E-state index contributed by atoms with van der Waals surface area (Å²) in [5.74, 6) is 0.556. The summed E-state index contributed by atoms with van der Waals surface area (Å²) >= 11 is 0. The van der Waals surface area contributed by atoms with Gasteiger partial charge in [-0.2, -0.15) is 13.2 Å². The number of ether oxygens (including phenoxy) is 1. The van der Waals surface area contributed by atoms with Crippen LogP contribution < -0.4 is 10.1 Å². The van der Waals surface area contributed by atoms with Crippen molar-refractivity contribution >= 4 is 17.6 Å². The zero-order valence-corrected chi connectivity index (χ0v) is 21.9. The normalized spacial score (nSPS) is 14.9. The molecular formula is C29H33F3N4O2. The lowest BCUT2D eigenvalue weighted by molar-refractivity contribution is -0.138. The lowest BCUT2D eigenvalue weighted by atomic mass is 9.88. The number of piperidine rings is 1. The minimum Gasteiger partial charge on any atom is -0.426 e. The first-order valence-corrected chi connectivity index (χ1v) is 12.9. The van der Waals surface area contributed by atoms with Crippen molar-refractivity contribution in [3.63, 3.8) is 0 Å². The van der Waals surface area contributed by atoms with Gasteiger partial charge in [0.1, 0.15) is 5.75 Å². The number of carbonyl (C=O) groups excluding carboxylic acids is 1. The molecule has 0 amide bonds. The van der Waals surface area contributed by atoms with Crippen LogP contribution in [-0.4, -0.2) is 41.0 Å². The first kappa shape index (κ1) is 27.6. The Morgan fingerprint density at radius 1 is 1.13 bits per heavy atom. The second-order valence-electron chi connectivity index (χ2n) is 9.76. The van der Waals surface area contributed by atoms with E-state index in [2.05, 4.69) is 39.4 Å². The molecule has 0 saturated carbocycles. The van der Waals surface area contributed by atoms with E-state index >= 15 is 0 Å². The monoisotopic (exact) mass is 526 g/mol. The van der Waals surface area contributed by atoms with Gasteiger partial charge >= 0.3 is 12.1 Å². The molecule has 1 aliphatic heterocycles. The molecule has 6 nitrogen and oxygen atoms in total. The Hall–Kier alpha value is -3.46. The zero-order valence-electron chi connectivity index (χ0n) is 21.9. The van der Waals surface area contributed by atoms with Gasteiger partial charge in [0.05, 0.1) is 11.3 Å². The summed E-state index contributed by atoms with van der Waals surface area (Å²) in [5, 5.41) is 3.10. The molecule has 1 fully saturated rings. The number of nitrogens with one attached hydrogen (secondary N) is 1. The Morgan fingerprint density at radius 2 is 1.87 bits per heavy atom. The largest absolute Gasteiger partial charge is 0.426 e. The van der Waals surface area contributed by atoms with E-state index in [1.807, 2.05) is 13.0 Å². The summed E-state index contributed by atoms with van der Waals surface area (Å²) in [4.78, 5) is 22.3. The fourth-order valence-electron chi connectivity index (χ4n) is 4.71. The van der Waals surface area contributed by atoms with Crippen molar-refractivity contribution in [1.29, 1.82) is 0 Å². The molecule has 9 heteroatoms. The number of hydrogen-bond donors (Lipinski definition) is 1. The number of nitrogens with zero attached hydrogens (tertiary/aromatic N) is 3. The minimum atomic E-state index is -4.59. The van der Waals surface area contributed by atoms with Crippen LogP contribution in [0.15, 0.2) is 48.7 Å². The van der Waals surface area contributed by atoms with Crippen LogP contribution >= 0.6 is 0 Å². The van der Waals surface area contributed by atoms with Crippen molar-refractivity contribution in [2.75, 3.05) is 25.5 Å². The fraction of sp³-hybridized carbons (Fsp3) is 0.414. The van der Waals surface area contributed by atoms with E-state index in [0.29, 0.717) is 17.2 Å². The van der Waals surface area contributed by atoms with Crippen molar-refractivity contribution in [1.82, 2.24) is 14.9 Å². The molecule has 4 rings (SSSR count). The van der Waals surface area contributed by atoms with E-state index in [4.69, 9.17) is 4.74 Å². The summed E-state index contributed by atoms with van der Waals surface area (Å²) in [5.41, 5.74) is 2.66. The molecule has 38 heavy (non-hydrogen) atoms. The number of benzene rings is 2. The molecule has 0 atom stereocenters. The number of para-hydroxylation sites is 1. The summed E-state index contributed by atoms with van der Waals surface area (Å²) in [6.45, 7) is 5.79. The van der Waals surface area contributed by atoms with Crippen molar-refractivity contribution in [3.8, 4) is 5.75 Å². The lowest BCUT2D eigenvalue weighted by Gasteiger charge is -2.29. The molecule has 1 N–H and O–H groups in total. The fourth-order valence-corrected chi connectivity index (χ4v) is 4.71. The lowest BCUT2D eigenvalue weighted by Crippen LogP contribution is -2.29. The molecular weight excluding hydrogens is 493 g/mol. The van der Waals surface area contributed by atoms with Crippen molar-refractivity contribution in [2.24, 2.45) is 0 Å². The van der Waals surface area contributed by atoms with Gasteiger partial charge in [0.2, 0.25) is 5.95 Å². The van der Waals surface area contributed by atoms with Gasteiger partial charge in [0.25, 0.3) is 0 Å². The predicted octanol–water partition coefficient (Wildman–Crippen LogP) is 6.46. The maximum Gasteiger partial charge on any atom is 0.419 e. The van der Waals surface area contributed by atoms with Gasteiger partial charge in [0, 0.05) is 18.3 Å². The van der Waals surface area contributed by atoms with Crippen LogP contribution in [0.25, 0.3) is 0 Å². The summed E-state index contributed by atoms with van der Waals surface area (Å²) < 4.78 is 46.6. The van der Waals surface area contributed by atoms with Gasteiger partial charge in [-0.15, -0.1) is 0 Å². The Morgan fingerprint density at radius 3 is 2.55 bits per heavy atom. The van der Waals surface area contributed by atoms with Crippen LogP contribution in [0, 0.1) is 6.92 Å². The van der Waals surface area contributed by atoms with Crippen LogP contribution in [0.5, 0.6) is 5.75 Å². The Labute approximate surface area is 221 Å². The highest BCUT2D eigenvalue weighted by Crippen LogP contribution is 2.34. The average Bonchev–Trinajstić information content (AvgIpc) is 2.89. The van der Waals surface area contributed by atoms with Gasteiger partial charge < -0.3 is 15.0 Å². The van der Waals surface area contributed by atoms with E-state index < -0.39 is 17.7 Å². The van der Waals surface area contributed by atoms with Crippen LogP contribution in [0.2, 0.25) is 0 Å². The van der Waals surface area contributed by atoms with Crippen molar-refractivity contribution < 1.29 is 22.7 Å². The second-order valence-corrected chi connectivity index (χ2v) is 9.76. The summed E-state index contributed by atoms with van der Waals surface area (Å²) in [6, 6.07) is 13.0.